The Morgan fingerprint density at radius 2 is 2.11 bits per heavy atom. The summed E-state index contributed by atoms with van der Waals surface area (Å²) in [6.07, 6.45) is 2.14. The molecule has 0 saturated heterocycles. The maximum atomic E-state index is 10.8. The predicted molar refractivity (Wildman–Crippen MR) is 74.7 cm³/mol. The average molecular weight is 268 g/mol. The van der Waals surface area contributed by atoms with E-state index in [0.29, 0.717) is 24.8 Å². The number of rotatable bonds is 9. The third kappa shape index (κ3) is 5.52. The molecule has 0 fully saturated rings. The molecule has 0 saturated carbocycles. The molecule has 0 aromatic carbocycles. The van der Waals surface area contributed by atoms with Gasteiger partial charge in [-0.05, 0) is 6.42 Å². The highest BCUT2D eigenvalue weighted by Gasteiger charge is 2.10. The number of hydrogen-bond acceptors (Lipinski definition) is 6. The van der Waals surface area contributed by atoms with Gasteiger partial charge in [-0.1, -0.05) is 13.3 Å². The second-order valence-electron chi connectivity index (χ2n) is 4.00. The van der Waals surface area contributed by atoms with Crippen LogP contribution in [0, 0.1) is 10.1 Å². The first-order valence-corrected chi connectivity index (χ1v) is 6.33. The fourth-order valence-corrected chi connectivity index (χ4v) is 1.44. The van der Waals surface area contributed by atoms with Crippen molar-refractivity contribution in [3.05, 3.63) is 22.2 Å². The molecule has 0 aliphatic heterocycles. The van der Waals surface area contributed by atoms with E-state index in [0.717, 1.165) is 19.4 Å². The van der Waals surface area contributed by atoms with E-state index in [1.165, 1.54) is 12.1 Å². The lowest BCUT2D eigenvalue weighted by molar-refractivity contribution is -0.384. The van der Waals surface area contributed by atoms with Crippen LogP contribution in [0.2, 0.25) is 0 Å². The maximum absolute atomic E-state index is 10.8. The van der Waals surface area contributed by atoms with Crippen LogP contribution < -0.4 is 10.6 Å². The van der Waals surface area contributed by atoms with Crippen molar-refractivity contribution < 1.29 is 9.66 Å². The van der Waals surface area contributed by atoms with Crippen LogP contribution in [0.25, 0.3) is 0 Å². The van der Waals surface area contributed by atoms with Gasteiger partial charge in [0.25, 0.3) is 5.69 Å². The molecular weight excluding hydrogens is 248 g/mol. The van der Waals surface area contributed by atoms with Crippen LogP contribution in [0.5, 0.6) is 0 Å². The van der Waals surface area contributed by atoms with Crippen LogP contribution in [0.3, 0.4) is 0 Å². The van der Waals surface area contributed by atoms with Crippen molar-refractivity contribution >= 4 is 17.3 Å². The molecule has 0 unspecified atom stereocenters. The molecule has 1 aromatic heterocycles. The molecule has 1 rings (SSSR count). The van der Waals surface area contributed by atoms with E-state index < -0.39 is 4.92 Å². The third-order valence-corrected chi connectivity index (χ3v) is 2.47. The minimum absolute atomic E-state index is 0.00810. The number of ether oxygens (including phenoxy) is 1. The van der Waals surface area contributed by atoms with Gasteiger partial charge in [0.15, 0.2) is 0 Å². The Balaban J connectivity index is 2.48. The molecule has 0 aliphatic rings. The fraction of sp³-hybridized carbons (Fsp3) is 0.583. The number of pyridine rings is 1. The van der Waals surface area contributed by atoms with E-state index in [-0.39, 0.29) is 5.69 Å². The van der Waals surface area contributed by atoms with Gasteiger partial charge >= 0.3 is 0 Å². The second-order valence-corrected chi connectivity index (χ2v) is 4.00. The smallest absolute Gasteiger partial charge is 0.276 e. The van der Waals surface area contributed by atoms with Crippen molar-refractivity contribution in [1.82, 2.24) is 4.98 Å². The highest BCUT2D eigenvalue weighted by molar-refractivity contribution is 5.54. The van der Waals surface area contributed by atoms with E-state index in [2.05, 4.69) is 22.5 Å². The summed E-state index contributed by atoms with van der Waals surface area (Å²) in [6, 6.07) is 2.80. The predicted octanol–water partition coefficient (Wildman–Crippen LogP) is 2.26. The fourth-order valence-electron chi connectivity index (χ4n) is 1.44. The van der Waals surface area contributed by atoms with Gasteiger partial charge in [-0.2, -0.15) is 0 Å². The summed E-state index contributed by atoms with van der Waals surface area (Å²) in [5.74, 6) is 0.932. The summed E-state index contributed by atoms with van der Waals surface area (Å²) < 4.78 is 5.39. The van der Waals surface area contributed by atoms with E-state index in [1.54, 1.807) is 7.05 Å². The molecule has 1 heterocycles. The highest BCUT2D eigenvalue weighted by atomic mass is 16.6. The van der Waals surface area contributed by atoms with Crippen LogP contribution in [-0.2, 0) is 4.74 Å². The number of hydrogen-bond donors (Lipinski definition) is 2. The molecule has 0 amide bonds. The second kappa shape index (κ2) is 8.25. The summed E-state index contributed by atoms with van der Waals surface area (Å²) in [5.41, 5.74) is 0.00810. The van der Waals surface area contributed by atoms with Gasteiger partial charge < -0.3 is 15.4 Å². The minimum atomic E-state index is -0.439. The first-order chi connectivity index (χ1) is 9.17. The summed E-state index contributed by atoms with van der Waals surface area (Å²) in [4.78, 5) is 14.5. The van der Waals surface area contributed by atoms with E-state index in [9.17, 15) is 10.1 Å². The van der Waals surface area contributed by atoms with E-state index in [1.807, 2.05) is 0 Å². The zero-order chi connectivity index (χ0) is 14.1. The van der Waals surface area contributed by atoms with Gasteiger partial charge in [0.2, 0.25) is 0 Å². The molecule has 7 heteroatoms. The van der Waals surface area contributed by atoms with Crippen LogP contribution in [0.1, 0.15) is 19.8 Å². The summed E-state index contributed by atoms with van der Waals surface area (Å²) in [6.45, 7) is 3.97. The van der Waals surface area contributed by atoms with Crippen LogP contribution in [0.4, 0.5) is 17.3 Å². The molecule has 0 bridgehead atoms. The topological polar surface area (TPSA) is 89.3 Å². The quantitative estimate of drug-likeness (QED) is 0.405. The van der Waals surface area contributed by atoms with Gasteiger partial charge in [0.1, 0.15) is 11.6 Å². The average Bonchev–Trinajstić information content (AvgIpc) is 2.42. The number of nitrogens with zero attached hydrogens (tertiary/aromatic N) is 2. The van der Waals surface area contributed by atoms with Crippen LogP contribution in [-0.4, -0.2) is 36.7 Å². The largest absolute Gasteiger partial charge is 0.380 e. The molecular formula is C12H20N4O3. The summed E-state index contributed by atoms with van der Waals surface area (Å²) >= 11 is 0. The van der Waals surface area contributed by atoms with Crippen molar-refractivity contribution in [2.45, 2.75) is 19.8 Å². The standard InChI is InChI=1S/C12H20N4O3/c1-3-4-6-19-7-5-14-12-9-10(16(17)18)8-11(13-2)15-12/h8-9H,3-7H2,1-2H3,(H2,13,14,15). The van der Waals surface area contributed by atoms with Crippen molar-refractivity contribution in [3.63, 3.8) is 0 Å². The molecule has 2 N–H and O–H groups in total. The summed E-state index contributed by atoms with van der Waals surface area (Å²) in [5, 5.41) is 16.6. The van der Waals surface area contributed by atoms with Crippen molar-refractivity contribution in [2.75, 3.05) is 37.4 Å². The third-order valence-electron chi connectivity index (χ3n) is 2.47. The SMILES string of the molecule is CCCCOCCNc1cc([N+](=O)[O-])cc(NC)n1. The van der Waals surface area contributed by atoms with Gasteiger partial charge in [-0.15, -0.1) is 0 Å². The number of unbranched alkanes of at least 4 members (excludes halogenated alkanes) is 1. The van der Waals surface area contributed by atoms with Gasteiger partial charge in [-0.3, -0.25) is 10.1 Å². The zero-order valence-electron chi connectivity index (χ0n) is 11.3. The zero-order valence-corrected chi connectivity index (χ0v) is 11.3. The van der Waals surface area contributed by atoms with E-state index >= 15 is 0 Å². The Hall–Kier alpha value is -1.89. The number of anilines is 2. The molecule has 106 valence electrons. The Bertz CT molecular complexity index is 412. The lowest BCUT2D eigenvalue weighted by Gasteiger charge is -2.08. The lowest BCUT2D eigenvalue weighted by atomic mass is 10.3. The number of aromatic nitrogens is 1. The van der Waals surface area contributed by atoms with Crippen molar-refractivity contribution in [2.24, 2.45) is 0 Å². The van der Waals surface area contributed by atoms with Gasteiger partial charge in [0.05, 0.1) is 23.7 Å². The molecule has 7 nitrogen and oxygen atoms in total. The Labute approximate surface area is 112 Å². The molecule has 0 spiro atoms. The Morgan fingerprint density at radius 3 is 2.74 bits per heavy atom. The van der Waals surface area contributed by atoms with Crippen molar-refractivity contribution in [1.29, 1.82) is 0 Å². The van der Waals surface area contributed by atoms with Gasteiger partial charge in [-0.25, -0.2) is 4.98 Å². The minimum Gasteiger partial charge on any atom is -0.380 e. The molecule has 19 heavy (non-hydrogen) atoms. The van der Waals surface area contributed by atoms with Crippen molar-refractivity contribution in [3.8, 4) is 0 Å². The normalized spacial score (nSPS) is 10.2. The first kappa shape index (κ1) is 15.2. The number of nitrogens with one attached hydrogen (secondary N) is 2. The number of nitro groups is 1. The summed E-state index contributed by atoms with van der Waals surface area (Å²) in [7, 11) is 1.67. The van der Waals surface area contributed by atoms with Crippen LogP contribution in [0.15, 0.2) is 12.1 Å². The maximum Gasteiger partial charge on any atom is 0.276 e. The molecule has 1 aromatic rings. The Kier molecular flexibility index (Phi) is 6.59. The molecule has 0 radical (unpaired) electrons. The molecule has 0 atom stereocenters. The molecule has 0 aliphatic carbocycles. The lowest BCUT2D eigenvalue weighted by Crippen LogP contribution is -2.11. The first-order valence-electron chi connectivity index (χ1n) is 6.33. The van der Waals surface area contributed by atoms with E-state index in [4.69, 9.17) is 4.74 Å². The Morgan fingerprint density at radius 1 is 1.37 bits per heavy atom. The van der Waals surface area contributed by atoms with Gasteiger partial charge in [0, 0.05) is 20.2 Å². The monoisotopic (exact) mass is 268 g/mol. The van der Waals surface area contributed by atoms with Crippen LogP contribution >= 0.6 is 0 Å². The highest BCUT2D eigenvalue weighted by Crippen LogP contribution is 2.19.